The zero-order chi connectivity index (χ0) is 7.72. The largest absolute Gasteiger partial charge is 0.308 e. The quantitative estimate of drug-likeness (QED) is 0.476. The van der Waals surface area contributed by atoms with E-state index in [2.05, 4.69) is 5.32 Å². The van der Waals surface area contributed by atoms with E-state index in [-0.39, 0.29) is 17.9 Å². The molecule has 1 aliphatic rings. The molecule has 0 aromatic heterocycles. The first-order chi connectivity index (χ1) is 4.66. The van der Waals surface area contributed by atoms with Crippen molar-refractivity contribution in [1.82, 2.24) is 10.2 Å². The summed E-state index contributed by atoms with van der Waals surface area (Å²) in [5.41, 5.74) is 0. The Morgan fingerprint density at radius 2 is 2.20 bits per heavy atom. The Hall–Kier alpha value is -0.900. The molecule has 0 aliphatic carbocycles. The van der Waals surface area contributed by atoms with Gasteiger partial charge in [0.1, 0.15) is 0 Å². The fourth-order valence-corrected chi connectivity index (χ4v) is 0.981. The fourth-order valence-electron chi connectivity index (χ4n) is 0.981. The fraction of sp³-hybridized carbons (Fsp3) is 0.667. The van der Waals surface area contributed by atoms with E-state index in [9.17, 15) is 9.59 Å². The van der Waals surface area contributed by atoms with E-state index < -0.39 is 0 Å². The predicted octanol–water partition coefficient (Wildman–Crippen LogP) is -1.04. The second-order valence-corrected chi connectivity index (χ2v) is 2.34. The minimum absolute atomic E-state index is 0.107. The van der Waals surface area contributed by atoms with Crippen molar-refractivity contribution in [3.8, 4) is 0 Å². The summed E-state index contributed by atoms with van der Waals surface area (Å²) < 4.78 is 0. The van der Waals surface area contributed by atoms with Crippen LogP contribution >= 0.6 is 0 Å². The number of amides is 2. The van der Waals surface area contributed by atoms with Crippen LogP contribution in [0.25, 0.3) is 0 Å². The van der Waals surface area contributed by atoms with Gasteiger partial charge >= 0.3 is 0 Å². The summed E-state index contributed by atoms with van der Waals surface area (Å²) in [5, 5.41) is 2.76. The third-order valence-corrected chi connectivity index (χ3v) is 1.73. The second-order valence-electron chi connectivity index (χ2n) is 2.34. The normalized spacial score (nSPS) is 26.2. The van der Waals surface area contributed by atoms with Gasteiger partial charge in [-0.1, -0.05) is 0 Å². The minimum atomic E-state index is -0.294. The number of likely N-dealkylation sites (tertiary alicyclic amines) is 1. The lowest BCUT2D eigenvalue weighted by Gasteiger charge is -2.06. The second kappa shape index (κ2) is 2.38. The van der Waals surface area contributed by atoms with Crippen LogP contribution in [-0.4, -0.2) is 36.9 Å². The summed E-state index contributed by atoms with van der Waals surface area (Å²) >= 11 is 0. The SMILES string of the molecule is CNC1CC(=O)N(C)C1=O. The molecule has 1 aliphatic heterocycles. The first kappa shape index (κ1) is 7.21. The van der Waals surface area contributed by atoms with Gasteiger partial charge in [0.15, 0.2) is 0 Å². The van der Waals surface area contributed by atoms with E-state index in [1.54, 1.807) is 7.05 Å². The van der Waals surface area contributed by atoms with Crippen molar-refractivity contribution < 1.29 is 9.59 Å². The van der Waals surface area contributed by atoms with Crippen LogP contribution in [0, 0.1) is 0 Å². The third-order valence-electron chi connectivity index (χ3n) is 1.73. The highest BCUT2D eigenvalue weighted by atomic mass is 16.2. The molecule has 1 unspecified atom stereocenters. The number of carbonyl (C=O) groups excluding carboxylic acids is 2. The maximum atomic E-state index is 11.0. The number of likely N-dealkylation sites (N-methyl/N-ethyl adjacent to an activating group) is 2. The molecule has 0 spiro atoms. The Kier molecular flexibility index (Phi) is 1.72. The molecular weight excluding hydrogens is 132 g/mol. The number of rotatable bonds is 1. The van der Waals surface area contributed by atoms with Crippen LogP contribution in [0.3, 0.4) is 0 Å². The number of hydrogen-bond donors (Lipinski definition) is 1. The molecule has 1 rings (SSSR count). The molecule has 0 radical (unpaired) electrons. The first-order valence-corrected chi connectivity index (χ1v) is 3.14. The van der Waals surface area contributed by atoms with Gasteiger partial charge in [-0.25, -0.2) is 0 Å². The highest BCUT2D eigenvalue weighted by molar-refractivity contribution is 6.05. The topological polar surface area (TPSA) is 49.4 Å². The van der Waals surface area contributed by atoms with Gasteiger partial charge in [-0.15, -0.1) is 0 Å². The highest BCUT2D eigenvalue weighted by Crippen LogP contribution is 2.08. The van der Waals surface area contributed by atoms with E-state index in [4.69, 9.17) is 0 Å². The molecule has 4 heteroatoms. The Bertz CT molecular complexity index is 179. The molecular formula is C6H10N2O2. The Morgan fingerprint density at radius 1 is 1.60 bits per heavy atom. The summed E-state index contributed by atoms with van der Waals surface area (Å²) in [6, 6.07) is -0.294. The van der Waals surface area contributed by atoms with Crippen molar-refractivity contribution in [2.24, 2.45) is 0 Å². The van der Waals surface area contributed by atoms with Crippen LogP contribution in [-0.2, 0) is 9.59 Å². The number of imide groups is 1. The van der Waals surface area contributed by atoms with Crippen molar-refractivity contribution >= 4 is 11.8 Å². The van der Waals surface area contributed by atoms with Crippen molar-refractivity contribution in [2.45, 2.75) is 12.5 Å². The van der Waals surface area contributed by atoms with Crippen LogP contribution in [0.2, 0.25) is 0 Å². The lowest BCUT2D eigenvalue weighted by Crippen LogP contribution is -2.34. The molecule has 2 amide bonds. The molecule has 0 aromatic rings. The smallest absolute Gasteiger partial charge is 0.246 e. The Labute approximate surface area is 59.2 Å². The molecule has 1 fully saturated rings. The van der Waals surface area contributed by atoms with Crippen LogP contribution in [0.1, 0.15) is 6.42 Å². The van der Waals surface area contributed by atoms with Gasteiger partial charge in [-0.2, -0.15) is 0 Å². The van der Waals surface area contributed by atoms with Gasteiger partial charge in [0, 0.05) is 7.05 Å². The summed E-state index contributed by atoms with van der Waals surface area (Å²) in [6.07, 6.45) is 0.297. The Balaban J connectivity index is 2.71. The summed E-state index contributed by atoms with van der Waals surface area (Å²) in [4.78, 5) is 23.0. The summed E-state index contributed by atoms with van der Waals surface area (Å²) in [5.74, 6) is -0.239. The maximum Gasteiger partial charge on any atom is 0.246 e. The molecule has 1 atom stereocenters. The van der Waals surface area contributed by atoms with Crippen LogP contribution in [0.4, 0.5) is 0 Å². The van der Waals surface area contributed by atoms with Gasteiger partial charge in [0.2, 0.25) is 11.8 Å². The lowest BCUT2D eigenvalue weighted by molar-refractivity contribution is -0.137. The molecule has 0 saturated carbocycles. The average molecular weight is 142 g/mol. The van der Waals surface area contributed by atoms with Crippen LogP contribution < -0.4 is 5.32 Å². The van der Waals surface area contributed by atoms with E-state index in [0.717, 1.165) is 4.90 Å². The van der Waals surface area contributed by atoms with Gasteiger partial charge in [-0.3, -0.25) is 14.5 Å². The number of carbonyl (C=O) groups is 2. The standard InChI is InChI=1S/C6H10N2O2/c1-7-4-3-5(9)8(2)6(4)10/h4,7H,3H2,1-2H3. The van der Waals surface area contributed by atoms with Gasteiger partial charge in [-0.05, 0) is 7.05 Å². The van der Waals surface area contributed by atoms with E-state index in [1.165, 1.54) is 7.05 Å². The van der Waals surface area contributed by atoms with Gasteiger partial charge in [0.25, 0.3) is 0 Å². The highest BCUT2D eigenvalue weighted by Gasteiger charge is 2.34. The summed E-state index contributed by atoms with van der Waals surface area (Å²) in [6.45, 7) is 0. The minimum Gasteiger partial charge on any atom is -0.308 e. The molecule has 1 N–H and O–H groups in total. The van der Waals surface area contributed by atoms with Crippen molar-refractivity contribution in [1.29, 1.82) is 0 Å². The molecule has 1 saturated heterocycles. The molecule has 0 bridgehead atoms. The number of hydrogen-bond acceptors (Lipinski definition) is 3. The van der Waals surface area contributed by atoms with Crippen LogP contribution in [0.5, 0.6) is 0 Å². The number of nitrogens with zero attached hydrogens (tertiary/aromatic N) is 1. The molecule has 4 nitrogen and oxygen atoms in total. The Morgan fingerprint density at radius 3 is 2.40 bits per heavy atom. The lowest BCUT2D eigenvalue weighted by atomic mass is 10.2. The van der Waals surface area contributed by atoms with Crippen molar-refractivity contribution in [3.63, 3.8) is 0 Å². The van der Waals surface area contributed by atoms with Crippen molar-refractivity contribution in [3.05, 3.63) is 0 Å². The zero-order valence-corrected chi connectivity index (χ0v) is 6.05. The van der Waals surface area contributed by atoms with Crippen LogP contribution in [0.15, 0.2) is 0 Å². The molecule has 56 valence electrons. The van der Waals surface area contributed by atoms with E-state index in [0.29, 0.717) is 6.42 Å². The van der Waals surface area contributed by atoms with E-state index in [1.807, 2.05) is 0 Å². The summed E-state index contributed by atoms with van der Waals surface area (Å²) in [7, 11) is 3.18. The molecule has 10 heavy (non-hydrogen) atoms. The van der Waals surface area contributed by atoms with E-state index >= 15 is 0 Å². The third kappa shape index (κ3) is 0.903. The monoisotopic (exact) mass is 142 g/mol. The first-order valence-electron chi connectivity index (χ1n) is 3.14. The van der Waals surface area contributed by atoms with Gasteiger partial charge in [0.05, 0.1) is 12.5 Å². The average Bonchev–Trinajstić information content (AvgIpc) is 2.17. The maximum absolute atomic E-state index is 11.0. The predicted molar refractivity (Wildman–Crippen MR) is 35.2 cm³/mol. The van der Waals surface area contributed by atoms with Crippen molar-refractivity contribution in [2.75, 3.05) is 14.1 Å². The van der Waals surface area contributed by atoms with Gasteiger partial charge < -0.3 is 5.32 Å². The zero-order valence-electron chi connectivity index (χ0n) is 6.05. The molecule has 1 heterocycles. The number of nitrogens with one attached hydrogen (secondary N) is 1. The molecule has 0 aromatic carbocycles.